The van der Waals surface area contributed by atoms with E-state index >= 15 is 0 Å². The fourth-order valence-corrected chi connectivity index (χ4v) is 6.01. The van der Waals surface area contributed by atoms with E-state index in [2.05, 4.69) is 21.9 Å². The lowest BCUT2D eigenvalue weighted by Gasteiger charge is -2.22. The molecule has 1 fully saturated rings. The maximum Gasteiger partial charge on any atom is 0.347 e. The largest absolute Gasteiger partial charge is 0.460 e. The minimum absolute atomic E-state index is 0.0523. The Morgan fingerprint density at radius 3 is 2.10 bits per heavy atom. The second kappa shape index (κ2) is 21.1. The molecule has 272 valence electrons. The molecule has 1 saturated heterocycles. The Labute approximate surface area is 284 Å². The van der Waals surface area contributed by atoms with Crippen LogP contribution in [0.1, 0.15) is 143 Å². The van der Waals surface area contributed by atoms with Gasteiger partial charge in [-0.1, -0.05) is 117 Å². The number of alkyl halides is 1. The number of aromatic nitrogens is 4. The van der Waals surface area contributed by atoms with E-state index in [0.29, 0.717) is 12.8 Å². The molecule has 1 aliphatic heterocycles. The predicted molar refractivity (Wildman–Crippen MR) is 184 cm³/mol. The van der Waals surface area contributed by atoms with Crippen molar-refractivity contribution in [2.45, 2.75) is 167 Å². The van der Waals surface area contributed by atoms with Gasteiger partial charge in [-0.05, 0) is 18.8 Å². The van der Waals surface area contributed by atoms with Gasteiger partial charge in [0, 0.05) is 6.42 Å². The molecule has 3 rings (SSSR count). The number of hydrogen-bond donors (Lipinski definition) is 3. The summed E-state index contributed by atoms with van der Waals surface area (Å²) >= 11 is 0. The number of H-pyrrole nitrogens is 1. The topological polar surface area (TPSA) is 177 Å². The molecule has 0 aromatic carbocycles. The van der Waals surface area contributed by atoms with Crippen molar-refractivity contribution in [2.24, 2.45) is 11.7 Å². The molecular weight excluding hydrogens is 619 g/mol. The first kappa shape index (κ1) is 39.4. The number of nitrogens with zero attached hydrogens (tertiary/aromatic N) is 3. The van der Waals surface area contributed by atoms with Crippen LogP contribution in [0.5, 0.6) is 0 Å². The molecule has 0 bridgehead atoms. The molecule has 0 amide bonds. The number of esters is 2. The Bertz CT molecular complexity index is 1300. The van der Waals surface area contributed by atoms with Gasteiger partial charge >= 0.3 is 11.9 Å². The first-order chi connectivity index (χ1) is 23.1. The average molecular weight is 679 g/mol. The Kier molecular flexibility index (Phi) is 17.3. The molecule has 0 radical (unpaired) electrons. The molecular formula is C35H59FN6O6. The van der Waals surface area contributed by atoms with Crippen LogP contribution >= 0.6 is 0 Å². The van der Waals surface area contributed by atoms with Crippen LogP contribution in [-0.4, -0.2) is 62.5 Å². The van der Waals surface area contributed by atoms with E-state index in [0.717, 1.165) is 19.3 Å². The second-order valence-corrected chi connectivity index (χ2v) is 13.6. The number of hydrogen-bond acceptors (Lipinski definition) is 10. The highest BCUT2D eigenvalue weighted by Crippen LogP contribution is 2.32. The number of carbonyl (C=O) groups excluding carboxylic acids is 2. The zero-order chi connectivity index (χ0) is 34.9. The number of nitrogens with one attached hydrogen (secondary N) is 1. The Morgan fingerprint density at radius 1 is 0.979 bits per heavy atom. The van der Waals surface area contributed by atoms with E-state index in [1.165, 1.54) is 87.9 Å². The van der Waals surface area contributed by atoms with E-state index in [1.807, 2.05) is 0 Å². The van der Waals surface area contributed by atoms with E-state index in [1.54, 1.807) is 13.8 Å². The third-order valence-corrected chi connectivity index (χ3v) is 9.14. The molecule has 1 aliphatic rings. The standard InChI is InChI=1S/C35H59FN6O6/c1-4-5-6-7-8-9-10-11-12-13-14-15-16-17-18-19-20-26(48-34(45)29(37)24(2)3)33(44)46-22-27-25(36)21-28(47-27)42-23-39-30-31(42)40-35(38)41-32(30)43/h23-29H,4-22,37H2,1-3H3,(H3,38,40,41,43)/t25-,26?,27+,28+,29-/m0/s1. The van der Waals surface area contributed by atoms with Crippen molar-refractivity contribution in [3.05, 3.63) is 16.7 Å². The lowest BCUT2D eigenvalue weighted by molar-refractivity contribution is -0.172. The van der Waals surface area contributed by atoms with E-state index in [-0.39, 0.29) is 36.1 Å². The summed E-state index contributed by atoms with van der Waals surface area (Å²) in [6.45, 7) is 5.48. The highest BCUT2D eigenvalue weighted by atomic mass is 19.1. The van der Waals surface area contributed by atoms with Gasteiger partial charge in [-0.15, -0.1) is 0 Å². The second-order valence-electron chi connectivity index (χ2n) is 13.6. The lowest BCUT2D eigenvalue weighted by Crippen LogP contribution is -2.41. The maximum absolute atomic E-state index is 15.0. The van der Waals surface area contributed by atoms with Crippen molar-refractivity contribution in [1.82, 2.24) is 19.5 Å². The van der Waals surface area contributed by atoms with Gasteiger partial charge in [-0.2, -0.15) is 4.98 Å². The Balaban J connectivity index is 1.38. The third kappa shape index (κ3) is 12.8. The molecule has 0 saturated carbocycles. The fraction of sp³-hybridized carbons (Fsp3) is 0.800. The molecule has 2 aromatic heterocycles. The van der Waals surface area contributed by atoms with E-state index in [9.17, 15) is 18.8 Å². The zero-order valence-corrected chi connectivity index (χ0v) is 29.3. The average Bonchev–Trinajstić information content (AvgIpc) is 3.65. The molecule has 5 N–H and O–H groups in total. The summed E-state index contributed by atoms with van der Waals surface area (Å²) < 4.78 is 33.2. The summed E-state index contributed by atoms with van der Waals surface area (Å²) in [5.41, 5.74) is 11.3. The molecule has 48 heavy (non-hydrogen) atoms. The van der Waals surface area contributed by atoms with Gasteiger partial charge in [0.15, 0.2) is 17.3 Å². The summed E-state index contributed by atoms with van der Waals surface area (Å²) in [5, 5.41) is 0. The molecule has 3 heterocycles. The Hall–Kier alpha value is -3.06. The third-order valence-electron chi connectivity index (χ3n) is 9.14. The number of rotatable bonds is 24. The van der Waals surface area contributed by atoms with Gasteiger partial charge in [0.1, 0.15) is 31.2 Å². The van der Waals surface area contributed by atoms with Crippen LogP contribution in [0.3, 0.4) is 0 Å². The Morgan fingerprint density at radius 2 is 1.54 bits per heavy atom. The van der Waals surface area contributed by atoms with Crippen LogP contribution < -0.4 is 17.0 Å². The van der Waals surface area contributed by atoms with Gasteiger partial charge in [0.25, 0.3) is 5.56 Å². The number of nitrogens with two attached hydrogens (primary N) is 2. The van der Waals surface area contributed by atoms with Crippen LogP contribution in [0, 0.1) is 5.92 Å². The monoisotopic (exact) mass is 678 g/mol. The number of nitrogen functional groups attached to an aromatic ring is 1. The van der Waals surface area contributed by atoms with Crippen molar-refractivity contribution in [3.8, 4) is 0 Å². The number of ether oxygens (including phenoxy) is 3. The van der Waals surface area contributed by atoms with Crippen LogP contribution in [-0.2, 0) is 23.8 Å². The number of fused-ring (bicyclic) bond motifs is 1. The van der Waals surface area contributed by atoms with Crippen molar-refractivity contribution < 1.29 is 28.2 Å². The van der Waals surface area contributed by atoms with Gasteiger partial charge in [0.2, 0.25) is 5.95 Å². The predicted octanol–water partition coefficient (Wildman–Crippen LogP) is 6.42. The van der Waals surface area contributed by atoms with Crippen molar-refractivity contribution in [2.75, 3.05) is 12.3 Å². The highest BCUT2D eigenvalue weighted by Gasteiger charge is 2.39. The summed E-state index contributed by atoms with van der Waals surface area (Å²) in [6, 6.07) is -0.875. The van der Waals surface area contributed by atoms with Gasteiger partial charge < -0.3 is 25.7 Å². The summed E-state index contributed by atoms with van der Waals surface area (Å²) in [6.07, 6.45) is 16.7. The van der Waals surface area contributed by atoms with E-state index < -0.39 is 48.1 Å². The minimum Gasteiger partial charge on any atom is -0.460 e. The summed E-state index contributed by atoms with van der Waals surface area (Å²) in [4.78, 5) is 48.3. The summed E-state index contributed by atoms with van der Waals surface area (Å²) in [7, 11) is 0. The van der Waals surface area contributed by atoms with Crippen molar-refractivity contribution in [3.63, 3.8) is 0 Å². The van der Waals surface area contributed by atoms with E-state index in [4.69, 9.17) is 25.7 Å². The van der Waals surface area contributed by atoms with Gasteiger partial charge in [-0.25, -0.2) is 14.2 Å². The number of carbonyl (C=O) groups is 2. The molecule has 5 atom stereocenters. The number of halogens is 1. The van der Waals surface area contributed by atoms with Gasteiger partial charge in [-0.3, -0.25) is 19.1 Å². The smallest absolute Gasteiger partial charge is 0.347 e. The van der Waals surface area contributed by atoms with Crippen LogP contribution in [0.4, 0.5) is 10.3 Å². The summed E-state index contributed by atoms with van der Waals surface area (Å²) in [5.74, 6) is -1.69. The number of unbranched alkanes of at least 4 members (excludes halogenated alkanes) is 15. The normalized spacial score (nSPS) is 19.2. The number of imidazole rings is 1. The lowest BCUT2D eigenvalue weighted by atomic mass is 10.0. The van der Waals surface area contributed by atoms with Crippen LogP contribution in [0.15, 0.2) is 11.1 Å². The minimum atomic E-state index is -1.46. The van der Waals surface area contributed by atoms with Crippen molar-refractivity contribution >= 4 is 29.1 Å². The SMILES string of the molecule is CCCCCCCCCCCCCCCCCCC(OC(=O)[C@@H](N)C(C)C)C(=O)OC[C@H]1O[C@@H](n2cnc3c(=O)[nH]c(N)nc32)C[C@@H]1F. The quantitative estimate of drug-likeness (QED) is 0.0829. The molecule has 1 unspecified atom stereocenters. The highest BCUT2D eigenvalue weighted by molar-refractivity contribution is 5.82. The maximum atomic E-state index is 15.0. The molecule has 0 spiro atoms. The van der Waals surface area contributed by atoms with Gasteiger partial charge in [0.05, 0.1) is 6.33 Å². The molecule has 2 aromatic rings. The number of anilines is 1. The van der Waals surface area contributed by atoms with Crippen LogP contribution in [0.25, 0.3) is 11.2 Å². The molecule has 12 nitrogen and oxygen atoms in total. The van der Waals surface area contributed by atoms with Crippen LogP contribution in [0.2, 0.25) is 0 Å². The van der Waals surface area contributed by atoms with Crippen molar-refractivity contribution in [1.29, 1.82) is 0 Å². The molecule has 13 heteroatoms. The number of aromatic amines is 1. The first-order valence-corrected chi connectivity index (χ1v) is 18.3. The molecule has 0 aliphatic carbocycles. The first-order valence-electron chi connectivity index (χ1n) is 18.3. The fourth-order valence-electron chi connectivity index (χ4n) is 6.01. The zero-order valence-electron chi connectivity index (χ0n) is 29.3.